The first-order valence-electron chi connectivity index (χ1n) is 12.0. The summed E-state index contributed by atoms with van der Waals surface area (Å²) in [5.74, 6) is -0.841. The third kappa shape index (κ3) is 5.71. The maximum absolute atomic E-state index is 13.5. The number of hydrogen-bond acceptors (Lipinski definition) is 7. The summed E-state index contributed by atoms with van der Waals surface area (Å²) in [4.78, 5) is 39.7. The highest BCUT2D eigenvalue weighted by atomic mass is 35.5. The lowest BCUT2D eigenvalue weighted by atomic mass is 10.1. The van der Waals surface area contributed by atoms with E-state index in [0.717, 1.165) is 16.0 Å². The van der Waals surface area contributed by atoms with Crippen molar-refractivity contribution in [2.75, 3.05) is 26.2 Å². The SMILES string of the molecule is COc1cc(N2C(=O)NC(=O)/C(=C\c3cc(Cl)c(OCc4ccc(C)c(C)c4)c(OC)c3)C2=O)c(OC)cc1Cl. The van der Waals surface area contributed by atoms with Crippen molar-refractivity contribution in [3.05, 3.63) is 80.3 Å². The van der Waals surface area contributed by atoms with E-state index in [1.807, 2.05) is 32.0 Å². The Labute approximate surface area is 241 Å². The summed E-state index contributed by atoms with van der Waals surface area (Å²) in [5, 5.41) is 2.59. The molecule has 4 rings (SSSR count). The molecule has 1 saturated heterocycles. The van der Waals surface area contributed by atoms with Crippen LogP contribution in [0, 0.1) is 13.8 Å². The van der Waals surface area contributed by atoms with Crippen LogP contribution in [-0.2, 0) is 16.2 Å². The number of benzene rings is 3. The van der Waals surface area contributed by atoms with Crippen LogP contribution >= 0.6 is 23.2 Å². The summed E-state index contributed by atoms with van der Waals surface area (Å²) >= 11 is 12.7. The highest BCUT2D eigenvalue weighted by Crippen LogP contribution is 2.40. The van der Waals surface area contributed by atoms with Crippen LogP contribution in [0.15, 0.2) is 48.0 Å². The van der Waals surface area contributed by atoms with Crippen LogP contribution in [0.25, 0.3) is 6.08 Å². The maximum Gasteiger partial charge on any atom is 0.336 e. The van der Waals surface area contributed by atoms with E-state index in [4.69, 9.17) is 42.1 Å². The van der Waals surface area contributed by atoms with Gasteiger partial charge in [0, 0.05) is 12.1 Å². The Bertz CT molecular complexity index is 1550. The van der Waals surface area contributed by atoms with Crippen LogP contribution in [0.5, 0.6) is 23.0 Å². The fourth-order valence-electron chi connectivity index (χ4n) is 4.07. The molecule has 0 saturated carbocycles. The van der Waals surface area contributed by atoms with Crippen molar-refractivity contribution >= 4 is 52.8 Å². The van der Waals surface area contributed by atoms with E-state index in [-0.39, 0.29) is 39.4 Å². The predicted octanol–water partition coefficient (Wildman–Crippen LogP) is 5.88. The van der Waals surface area contributed by atoms with Crippen LogP contribution < -0.4 is 29.2 Å². The fraction of sp³-hybridized carbons (Fsp3) is 0.207. The van der Waals surface area contributed by atoms with Gasteiger partial charge in [-0.1, -0.05) is 41.4 Å². The molecule has 3 aromatic rings. The molecule has 1 heterocycles. The lowest BCUT2D eigenvalue weighted by Gasteiger charge is -2.28. The van der Waals surface area contributed by atoms with Gasteiger partial charge in [-0.25, -0.2) is 9.69 Å². The van der Waals surface area contributed by atoms with E-state index in [1.165, 1.54) is 51.2 Å². The highest BCUT2D eigenvalue weighted by molar-refractivity contribution is 6.40. The molecule has 1 aliphatic heterocycles. The minimum absolute atomic E-state index is 0.0374. The summed E-state index contributed by atoms with van der Waals surface area (Å²) in [5.41, 5.74) is 3.35. The van der Waals surface area contributed by atoms with Crippen molar-refractivity contribution in [3.8, 4) is 23.0 Å². The molecule has 1 aliphatic rings. The summed E-state index contributed by atoms with van der Waals surface area (Å²) in [6.45, 7) is 4.30. The van der Waals surface area contributed by atoms with E-state index in [9.17, 15) is 14.4 Å². The van der Waals surface area contributed by atoms with Gasteiger partial charge in [0.05, 0.1) is 37.1 Å². The largest absolute Gasteiger partial charge is 0.495 e. The van der Waals surface area contributed by atoms with Crippen LogP contribution in [0.2, 0.25) is 10.0 Å². The Morgan fingerprint density at radius 2 is 1.52 bits per heavy atom. The molecule has 1 fully saturated rings. The minimum atomic E-state index is -0.958. The number of nitrogens with zero attached hydrogens (tertiary/aromatic N) is 1. The van der Waals surface area contributed by atoms with Crippen molar-refractivity contribution in [1.29, 1.82) is 0 Å². The third-order valence-corrected chi connectivity index (χ3v) is 6.89. The lowest BCUT2D eigenvalue weighted by Crippen LogP contribution is -2.54. The van der Waals surface area contributed by atoms with E-state index in [2.05, 4.69) is 5.32 Å². The standard InChI is InChI=1S/C29H26Cl2N2O7/c1-15-6-7-17(8-16(15)2)14-40-26-21(31)10-18(11-25(26)39-5)9-19-27(34)32-29(36)33(28(19)35)22-13-23(37-3)20(30)12-24(22)38-4/h6-13H,14H2,1-5H3,(H,32,34,36)/b19-9+. The molecular formula is C29H26Cl2N2O7. The molecule has 0 atom stereocenters. The molecule has 1 N–H and O–H groups in total. The maximum atomic E-state index is 13.5. The zero-order valence-corrected chi connectivity index (χ0v) is 23.9. The molecule has 0 aromatic heterocycles. The van der Waals surface area contributed by atoms with Crippen LogP contribution in [0.3, 0.4) is 0 Å². The summed E-state index contributed by atoms with van der Waals surface area (Å²) in [6, 6.07) is 10.9. The zero-order chi connectivity index (χ0) is 29.1. The number of halogens is 2. The first-order valence-corrected chi connectivity index (χ1v) is 12.7. The smallest absolute Gasteiger partial charge is 0.336 e. The fourth-order valence-corrected chi connectivity index (χ4v) is 4.58. The Balaban J connectivity index is 1.68. The van der Waals surface area contributed by atoms with Gasteiger partial charge in [-0.15, -0.1) is 0 Å². The molecule has 0 radical (unpaired) electrons. The monoisotopic (exact) mass is 584 g/mol. The van der Waals surface area contributed by atoms with Gasteiger partial charge in [0.1, 0.15) is 23.7 Å². The molecule has 9 nitrogen and oxygen atoms in total. The molecule has 3 aromatic carbocycles. The Hall–Kier alpha value is -4.21. The van der Waals surface area contributed by atoms with E-state index < -0.39 is 17.8 Å². The molecule has 4 amide bonds. The van der Waals surface area contributed by atoms with Crippen LogP contribution in [0.1, 0.15) is 22.3 Å². The number of anilines is 1. The van der Waals surface area contributed by atoms with Crippen molar-refractivity contribution in [2.45, 2.75) is 20.5 Å². The summed E-state index contributed by atoms with van der Waals surface area (Å²) in [7, 11) is 4.19. The van der Waals surface area contributed by atoms with E-state index in [0.29, 0.717) is 17.1 Å². The first kappa shape index (κ1) is 28.8. The molecule has 11 heteroatoms. The minimum Gasteiger partial charge on any atom is -0.495 e. The van der Waals surface area contributed by atoms with Gasteiger partial charge in [0.25, 0.3) is 11.8 Å². The second kappa shape index (κ2) is 11.9. The van der Waals surface area contributed by atoms with Gasteiger partial charge in [-0.3, -0.25) is 14.9 Å². The van der Waals surface area contributed by atoms with Crippen molar-refractivity contribution in [2.24, 2.45) is 0 Å². The quantitative estimate of drug-likeness (QED) is 0.260. The van der Waals surface area contributed by atoms with Crippen molar-refractivity contribution in [1.82, 2.24) is 5.32 Å². The number of imide groups is 2. The number of barbiturate groups is 1. The van der Waals surface area contributed by atoms with Crippen LogP contribution in [-0.4, -0.2) is 39.2 Å². The molecule has 0 bridgehead atoms. The molecule has 0 spiro atoms. The third-order valence-electron chi connectivity index (χ3n) is 6.31. The number of rotatable bonds is 8. The number of ether oxygens (including phenoxy) is 4. The summed E-state index contributed by atoms with van der Waals surface area (Å²) in [6.07, 6.45) is 1.30. The number of aryl methyl sites for hydroxylation is 2. The Kier molecular flexibility index (Phi) is 8.56. The summed E-state index contributed by atoms with van der Waals surface area (Å²) < 4.78 is 22.0. The number of carbonyl (C=O) groups excluding carboxylic acids is 3. The zero-order valence-electron chi connectivity index (χ0n) is 22.4. The molecule has 40 heavy (non-hydrogen) atoms. The van der Waals surface area contributed by atoms with E-state index in [1.54, 1.807) is 6.07 Å². The number of amides is 4. The Morgan fingerprint density at radius 1 is 0.825 bits per heavy atom. The Morgan fingerprint density at radius 3 is 2.17 bits per heavy atom. The van der Waals surface area contributed by atoms with E-state index >= 15 is 0 Å². The van der Waals surface area contributed by atoms with Crippen molar-refractivity contribution < 1.29 is 33.3 Å². The molecule has 0 unspecified atom stereocenters. The van der Waals surface area contributed by atoms with Crippen molar-refractivity contribution in [3.63, 3.8) is 0 Å². The van der Waals surface area contributed by atoms with Crippen LogP contribution in [0.4, 0.5) is 10.5 Å². The topological polar surface area (TPSA) is 103 Å². The average molecular weight is 585 g/mol. The first-order chi connectivity index (χ1) is 19.1. The predicted molar refractivity (Wildman–Crippen MR) is 152 cm³/mol. The van der Waals surface area contributed by atoms with Gasteiger partial charge < -0.3 is 18.9 Å². The molecule has 0 aliphatic carbocycles. The average Bonchev–Trinajstić information content (AvgIpc) is 2.92. The van der Waals surface area contributed by atoms with Gasteiger partial charge in [-0.2, -0.15) is 0 Å². The second-order valence-corrected chi connectivity index (χ2v) is 9.67. The number of urea groups is 1. The van der Waals surface area contributed by atoms with Gasteiger partial charge in [0.2, 0.25) is 0 Å². The number of hydrogen-bond donors (Lipinski definition) is 1. The second-order valence-electron chi connectivity index (χ2n) is 8.86. The normalized spacial score (nSPS) is 14.3. The van der Waals surface area contributed by atoms with Gasteiger partial charge in [-0.05, 0) is 54.3 Å². The number of nitrogens with one attached hydrogen (secondary N) is 1. The van der Waals surface area contributed by atoms with Gasteiger partial charge in [0.15, 0.2) is 11.5 Å². The van der Waals surface area contributed by atoms with Gasteiger partial charge >= 0.3 is 6.03 Å². The molecular weight excluding hydrogens is 559 g/mol. The molecule has 208 valence electrons. The highest BCUT2D eigenvalue weighted by Gasteiger charge is 2.38. The number of methoxy groups -OCH3 is 3. The lowest BCUT2D eigenvalue weighted by molar-refractivity contribution is -0.122. The number of carbonyl (C=O) groups is 3.